The Hall–Kier alpha value is -2.34. The number of tetrazole rings is 1. The van der Waals surface area contributed by atoms with Crippen molar-refractivity contribution in [2.24, 2.45) is 0 Å². The number of hydrogen-bond acceptors (Lipinski definition) is 7. The summed E-state index contributed by atoms with van der Waals surface area (Å²) in [6.45, 7) is 0.411. The second kappa shape index (κ2) is 7.70. The van der Waals surface area contributed by atoms with Gasteiger partial charge in [0.05, 0.1) is 18.1 Å². The Labute approximate surface area is 150 Å². The van der Waals surface area contributed by atoms with Crippen molar-refractivity contribution in [2.45, 2.75) is 49.3 Å². The van der Waals surface area contributed by atoms with Crippen LogP contribution >= 0.6 is 11.8 Å². The molecule has 2 heterocycles. The summed E-state index contributed by atoms with van der Waals surface area (Å²) in [7, 11) is 1.73. The number of carbonyl (C=O) groups excluding carboxylic acids is 1. The fraction of sp³-hybridized carbons (Fsp3) is 0.562. The second-order valence-electron chi connectivity index (χ2n) is 6.14. The van der Waals surface area contributed by atoms with Gasteiger partial charge in [-0.05, 0) is 35.4 Å². The van der Waals surface area contributed by atoms with Crippen molar-refractivity contribution in [3.05, 3.63) is 24.2 Å². The molecule has 0 spiro atoms. The van der Waals surface area contributed by atoms with Gasteiger partial charge in [-0.3, -0.25) is 4.79 Å². The molecule has 9 heteroatoms. The minimum Gasteiger partial charge on any atom is -0.467 e. The number of rotatable bonds is 6. The molecule has 0 radical (unpaired) electrons. The third kappa shape index (κ3) is 3.85. The van der Waals surface area contributed by atoms with Gasteiger partial charge in [-0.1, -0.05) is 31.0 Å². The van der Waals surface area contributed by atoms with Crippen LogP contribution in [0.2, 0.25) is 0 Å². The van der Waals surface area contributed by atoms with Crippen molar-refractivity contribution < 1.29 is 9.21 Å². The predicted molar refractivity (Wildman–Crippen MR) is 90.6 cm³/mol. The van der Waals surface area contributed by atoms with Crippen LogP contribution < -0.4 is 0 Å². The van der Waals surface area contributed by atoms with Crippen LogP contribution in [0.3, 0.4) is 0 Å². The zero-order chi connectivity index (χ0) is 17.7. The van der Waals surface area contributed by atoms with E-state index in [1.807, 2.05) is 6.07 Å². The number of aromatic nitrogens is 4. The highest BCUT2D eigenvalue weighted by Gasteiger charge is 2.38. The van der Waals surface area contributed by atoms with Crippen molar-refractivity contribution in [1.82, 2.24) is 25.1 Å². The predicted octanol–water partition coefficient (Wildman–Crippen LogP) is 2.09. The van der Waals surface area contributed by atoms with Crippen molar-refractivity contribution in [1.29, 1.82) is 5.26 Å². The van der Waals surface area contributed by atoms with Gasteiger partial charge in [0.1, 0.15) is 17.8 Å². The van der Waals surface area contributed by atoms with E-state index in [1.165, 1.54) is 11.8 Å². The molecule has 3 rings (SSSR count). The number of hydrogen-bond donors (Lipinski definition) is 0. The SMILES string of the molecule is CN(C(=O)CSc1nnnn1Cc1ccco1)C1(C#N)CCCCC1. The Balaban J connectivity index is 1.61. The summed E-state index contributed by atoms with van der Waals surface area (Å²) in [4.78, 5) is 14.2. The van der Waals surface area contributed by atoms with E-state index in [4.69, 9.17) is 4.42 Å². The van der Waals surface area contributed by atoms with E-state index in [1.54, 1.807) is 29.0 Å². The van der Waals surface area contributed by atoms with Crippen LogP contribution in [0, 0.1) is 11.3 Å². The number of amides is 1. The topological polar surface area (TPSA) is 101 Å². The number of nitrogens with zero attached hydrogens (tertiary/aromatic N) is 6. The molecule has 1 aliphatic rings. The lowest BCUT2D eigenvalue weighted by atomic mass is 9.81. The molecule has 1 saturated carbocycles. The minimum absolute atomic E-state index is 0.0824. The second-order valence-corrected chi connectivity index (χ2v) is 7.09. The zero-order valence-electron chi connectivity index (χ0n) is 14.1. The first kappa shape index (κ1) is 17.5. The summed E-state index contributed by atoms with van der Waals surface area (Å²) in [6, 6.07) is 6.01. The summed E-state index contributed by atoms with van der Waals surface area (Å²) in [5.41, 5.74) is -0.671. The van der Waals surface area contributed by atoms with E-state index in [2.05, 4.69) is 21.6 Å². The van der Waals surface area contributed by atoms with Crippen LogP contribution in [0.15, 0.2) is 28.0 Å². The molecule has 0 atom stereocenters. The lowest BCUT2D eigenvalue weighted by Gasteiger charge is -2.39. The van der Waals surface area contributed by atoms with E-state index in [9.17, 15) is 10.1 Å². The highest BCUT2D eigenvalue weighted by Crippen LogP contribution is 2.33. The summed E-state index contributed by atoms with van der Waals surface area (Å²) in [6.07, 6.45) is 6.18. The maximum absolute atomic E-state index is 12.6. The van der Waals surface area contributed by atoms with Gasteiger partial charge in [0.25, 0.3) is 0 Å². The highest BCUT2D eigenvalue weighted by molar-refractivity contribution is 7.99. The summed E-state index contributed by atoms with van der Waals surface area (Å²) < 4.78 is 6.89. The average Bonchev–Trinajstić information content (AvgIpc) is 3.32. The monoisotopic (exact) mass is 360 g/mol. The Kier molecular flexibility index (Phi) is 5.38. The molecule has 2 aromatic rings. The van der Waals surface area contributed by atoms with Gasteiger partial charge >= 0.3 is 0 Å². The van der Waals surface area contributed by atoms with Crippen molar-refractivity contribution in [3.63, 3.8) is 0 Å². The molecule has 1 aliphatic carbocycles. The largest absolute Gasteiger partial charge is 0.467 e. The molecule has 2 aromatic heterocycles. The molecule has 1 amide bonds. The van der Waals surface area contributed by atoms with E-state index >= 15 is 0 Å². The third-order valence-electron chi connectivity index (χ3n) is 4.61. The average molecular weight is 360 g/mol. The lowest BCUT2D eigenvalue weighted by Crippen LogP contribution is -2.50. The lowest BCUT2D eigenvalue weighted by molar-refractivity contribution is -0.131. The Morgan fingerprint density at radius 3 is 2.96 bits per heavy atom. The Morgan fingerprint density at radius 1 is 1.48 bits per heavy atom. The number of nitriles is 1. The molecular formula is C16H20N6O2S. The first-order valence-corrected chi connectivity index (χ1v) is 9.22. The molecule has 25 heavy (non-hydrogen) atoms. The molecule has 8 nitrogen and oxygen atoms in total. The Bertz CT molecular complexity index is 745. The standard InChI is InChI=1S/C16H20N6O2S/c1-21(16(12-17)7-3-2-4-8-16)14(23)11-25-15-18-19-20-22(15)10-13-6-5-9-24-13/h5-6,9H,2-4,7-8,10-11H2,1H3. The molecule has 1 fully saturated rings. The van der Waals surface area contributed by atoms with Gasteiger partial charge in [0.15, 0.2) is 0 Å². The summed E-state index contributed by atoms with van der Waals surface area (Å²) >= 11 is 1.27. The fourth-order valence-corrected chi connectivity index (χ4v) is 3.86. The number of furan rings is 1. The molecule has 0 aliphatic heterocycles. The fourth-order valence-electron chi connectivity index (χ4n) is 3.07. The normalized spacial score (nSPS) is 16.3. The molecule has 0 bridgehead atoms. The van der Waals surface area contributed by atoms with Gasteiger partial charge in [-0.2, -0.15) is 5.26 Å². The van der Waals surface area contributed by atoms with Crippen molar-refractivity contribution >= 4 is 17.7 Å². The molecule has 0 aromatic carbocycles. The van der Waals surface area contributed by atoms with Crippen LogP contribution in [-0.2, 0) is 11.3 Å². The molecule has 0 N–H and O–H groups in total. The third-order valence-corrected chi connectivity index (χ3v) is 5.56. The van der Waals surface area contributed by atoms with E-state index in [0.717, 1.165) is 37.9 Å². The number of carbonyl (C=O) groups is 1. The summed E-state index contributed by atoms with van der Waals surface area (Å²) in [5.74, 6) is 0.850. The van der Waals surface area contributed by atoms with Gasteiger partial charge in [0.2, 0.25) is 11.1 Å². The van der Waals surface area contributed by atoms with E-state index < -0.39 is 5.54 Å². The van der Waals surface area contributed by atoms with Gasteiger partial charge in [-0.15, -0.1) is 5.10 Å². The maximum Gasteiger partial charge on any atom is 0.234 e. The molecule has 132 valence electrons. The summed E-state index contributed by atoms with van der Waals surface area (Å²) in [5, 5.41) is 21.7. The molecule has 0 saturated heterocycles. The van der Waals surface area contributed by atoms with Gasteiger partial charge in [0, 0.05) is 7.05 Å². The van der Waals surface area contributed by atoms with Crippen LogP contribution in [0.4, 0.5) is 0 Å². The van der Waals surface area contributed by atoms with Crippen molar-refractivity contribution in [2.75, 3.05) is 12.8 Å². The van der Waals surface area contributed by atoms with Crippen LogP contribution in [-0.4, -0.2) is 49.4 Å². The van der Waals surface area contributed by atoms with Gasteiger partial charge < -0.3 is 9.32 Å². The van der Waals surface area contributed by atoms with Gasteiger partial charge in [-0.25, -0.2) is 4.68 Å². The first-order valence-electron chi connectivity index (χ1n) is 8.24. The quantitative estimate of drug-likeness (QED) is 0.727. The maximum atomic E-state index is 12.6. The highest BCUT2D eigenvalue weighted by atomic mass is 32.2. The van der Waals surface area contributed by atoms with E-state index in [0.29, 0.717) is 11.7 Å². The van der Waals surface area contributed by atoms with Crippen molar-refractivity contribution in [3.8, 4) is 6.07 Å². The number of thioether (sulfide) groups is 1. The minimum atomic E-state index is -0.671. The van der Waals surface area contributed by atoms with Crippen LogP contribution in [0.1, 0.15) is 37.9 Å². The zero-order valence-corrected chi connectivity index (χ0v) is 14.9. The first-order chi connectivity index (χ1) is 12.1. The molecule has 0 unspecified atom stereocenters. The van der Waals surface area contributed by atoms with E-state index in [-0.39, 0.29) is 11.7 Å². The smallest absolute Gasteiger partial charge is 0.234 e. The molecular weight excluding hydrogens is 340 g/mol. The van der Waals surface area contributed by atoms with Crippen LogP contribution in [0.5, 0.6) is 0 Å². The van der Waals surface area contributed by atoms with Crippen LogP contribution in [0.25, 0.3) is 0 Å². The Morgan fingerprint density at radius 2 is 2.28 bits per heavy atom.